The van der Waals surface area contributed by atoms with Crippen LogP contribution in [0.4, 0.5) is 9.18 Å². The number of carbonyl (C=O) groups excluding carboxylic acids is 1. The normalized spacial score (nSPS) is 18.9. The predicted molar refractivity (Wildman–Crippen MR) is 77.5 cm³/mol. The Morgan fingerprint density at radius 3 is 2.81 bits per heavy atom. The first kappa shape index (κ1) is 15.8. The number of carbonyl (C=O) groups is 1. The number of hydrogen-bond donors (Lipinski definition) is 1. The molecule has 1 aliphatic heterocycles. The fourth-order valence-electron chi connectivity index (χ4n) is 2.49. The van der Waals surface area contributed by atoms with E-state index in [0.717, 1.165) is 12.0 Å². The summed E-state index contributed by atoms with van der Waals surface area (Å²) in [7, 11) is 0. The summed E-state index contributed by atoms with van der Waals surface area (Å²) in [5.41, 5.74) is 0.740. The zero-order valence-electron chi connectivity index (χ0n) is 12.7. The number of rotatable bonds is 2. The lowest BCUT2D eigenvalue weighted by Gasteiger charge is -2.24. The fourth-order valence-corrected chi connectivity index (χ4v) is 2.49. The van der Waals surface area contributed by atoms with Crippen molar-refractivity contribution in [2.75, 3.05) is 13.1 Å². The van der Waals surface area contributed by atoms with Crippen molar-refractivity contribution in [3.63, 3.8) is 0 Å². The summed E-state index contributed by atoms with van der Waals surface area (Å²) in [6.45, 7) is 6.39. The van der Waals surface area contributed by atoms with Crippen LogP contribution in [0.15, 0.2) is 18.2 Å². The van der Waals surface area contributed by atoms with Crippen LogP contribution in [-0.4, -0.2) is 34.8 Å². The smallest absolute Gasteiger partial charge is 0.410 e. The van der Waals surface area contributed by atoms with Crippen LogP contribution < -0.4 is 0 Å². The predicted octanol–water partition coefficient (Wildman–Crippen LogP) is 3.04. The number of aliphatic hydroxyl groups is 1. The van der Waals surface area contributed by atoms with E-state index in [9.17, 15) is 9.18 Å². The van der Waals surface area contributed by atoms with Crippen molar-refractivity contribution in [2.24, 2.45) is 0 Å². The fraction of sp³-hybridized carbons (Fsp3) is 0.562. The molecule has 4 nitrogen and oxygen atoms in total. The van der Waals surface area contributed by atoms with Gasteiger partial charge in [0.25, 0.3) is 0 Å². The zero-order valence-corrected chi connectivity index (χ0v) is 12.7. The third kappa shape index (κ3) is 3.94. The highest BCUT2D eigenvalue weighted by molar-refractivity contribution is 5.68. The van der Waals surface area contributed by atoms with Crippen molar-refractivity contribution in [3.8, 4) is 0 Å². The van der Waals surface area contributed by atoms with E-state index < -0.39 is 11.4 Å². The highest BCUT2D eigenvalue weighted by Crippen LogP contribution is 2.29. The molecule has 0 spiro atoms. The van der Waals surface area contributed by atoms with Gasteiger partial charge in [-0.2, -0.15) is 0 Å². The van der Waals surface area contributed by atoms with E-state index >= 15 is 0 Å². The molecule has 1 amide bonds. The Morgan fingerprint density at radius 2 is 2.19 bits per heavy atom. The first-order chi connectivity index (χ1) is 9.80. The molecule has 1 aromatic rings. The molecule has 1 aromatic carbocycles. The molecule has 1 heterocycles. The van der Waals surface area contributed by atoms with Gasteiger partial charge in [0.2, 0.25) is 0 Å². The van der Waals surface area contributed by atoms with Gasteiger partial charge < -0.3 is 14.7 Å². The molecule has 116 valence electrons. The van der Waals surface area contributed by atoms with Crippen molar-refractivity contribution >= 4 is 6.09 Å². The summed E-state index contributed by atoms with van der Waals surface area (Å²) in [5.74, 6) is -0.244. The minimum absolute atomic E-state index is 0.156. The van der Waals surface area contributed by atoms with Crippen molar-refractivity contribution in [1.29, 1.82) is 0 Å². The lowest BCUT2D eigenvalue weighted by Crippen LogP contribution is -2.35. The lowest BCUT2D eigenvalue weighted by atomic mass is 9.96. The Hall–Kier alpha value is -1.62. The summed E-state index contributed by atoms with van der Waals surface area (Å²) in [4.78, 5) is 13.7. The molecule has 0 bridgehead atoms. The van der Waals surface area contributed by atoms with Gasteiger partial charge in [-0.15, -0.1) is 0 Å². The average Bonchev–Trinajstić information content (AvgIpc) is 2.87. The third-order valence-electron chi connectivity index (χ3n) is 3.55. The van der Waals surface area contributed by atoms with Gasteiger partial charge >= 0.3 is 6.09 Å². The number of nitrogens with zero attached hydrogens (tertiary/aromatic N) is 1. The van der Waals surface area contributed by atoms with E-state index in [1.807, 2.05) is 20.8 Å². The average molecular weight is 295 g/mol. The molecule has 1 N–H and O–H groups in total. The van der Waals surface area contributed by atoms with E-state index in [4.69, 9.17) is 9.84 Å². The minimum Gasteiger partial charge on any atom is -0.444 e. The third-order valence-corrected chi connectivity index (χ3v) is 3.55. The Labute approximate surface area is 124 Å². The lowest BCUT2D eigenvalue weighted by molar-refractivity contribution is 0.0292. The van der Waals surface area contributed by atoms with Crippen LogP contribution in [0.5, 0.6) is 0 Å². The molecule has 0 radical (unpaired) electrons. The summed E-state index contributed by atoms with van der Waals surface area (Å²) in [6.07, 6.45) is 0.505. The molecule has 0 saturated carbocycles. The topological polar surface area (TPSA) is 49.8 Å². The van der Waals surface area contributed by atoms with Crippen molar-refractivity contribution in [2.45, 2.75) is 45.3 Å². The number of benzene rings is 1. The molecule has 1 fully saturated rings. The molecule has 1 aliphatic rings. The Kier molecular flexibility index (Phi) is 4.52. The number of halogens is 1. The second-order valence-electron chi connectivity index (χ2n) is 6.42. The Morgan fingerprint density at radius 1 is 1.48 bits per heavy atom. The molecule has 0 unspecified atom stereocenters. The van der Waals surface area contributed by atoms with Gasteiger partial charge in [0, 0.05) is 24.6 Å². The molecular formula is C16H22FNO3. The maximum absolute atomic E-state index is 13.4. The van der Waals surface area contributed by atoms with Gasteiger partial charge in [-0.05, 0) is 38.8 Å². The van der Waals surface area contributed by atoms with Crippen molar-refractivity contribution in [3.05, 3.63) is 35.1 Å². The van der Waals surface area contributed by atoms with Gasteiger partial charge in [0.05, 0.1) is 6.61 Å². The van der Waals surface area contributed by atoms with Crippen LogP contribution in [0.2, 0.25) is 0 Å². The maximum Gasteiger partial charge on any atom is 0.410 e. The molecule has 5 heteroatoms. The Balaban J connectivity index is 2.04. The number of amides is 1. The summed E-state index contributed by atoms with van der Waals surface area (Å²) < 4.78 is 18.8. The van der Waals surface area contributed by atoms with Crippen LogP contribution in [-0.2, 0) is 11.3 Å². The largest absolute Gasteiger partial charge is 0.444 e. The van der Waals surface area contributed by atoms with Gasteiger partial charge in [-0.25, -0.2) is 9.18 Å². The van der Waals surface area contributed by atoms with Crippen LogP contribution in [0.1, 0.15) is 44.2 Å². The summed E-state index contributed by atoms with van der Waals surface area (Å²) >= 11 is 0. The van der Waals surface area contributed by atoms with Gasteiger partial charge in [-0.3, -0.25) is 0 Å². The van der Waals surface area contributed by atoms with Gasteiger partial charge in [-0.1, -0.05) is 12.1 Å². The highest BCUT2D eigenvalue weighted by Gasteiger charge is 2.30. The van der Waals surface area contributed by atoms with Crippen molar-refractivity contribution in [1.82, 2.24) is 4.90 Å². The van der Waals surface area contributed by atoms with Gasteiger partial charge in [0.15, 0.2) is 0 Å². The van der Waals surface area contributed by atoms with Crippen molar-refractivity contribution < 1.29 is 19.0 Å². The number of hydrogen-bond acceptors (Lipinski definition) is 3. The zero-order chi connectivity index (χ0) is 15.6. The second-order valence-corrected chi connectivity index (χ2v) is 6.42. The maximum atomic E-state index is 13.4. The molecule has 21 heavy (non-hydrogen) atoms. The van der Waals surface area contributed by atoms with E-state index in [0.29, 0.717) is 18.7 Å². The number of ether oxygens (including phenoxy) is 1. The quantitative estimate of drug-likeness (QED) is 0.912. The van der Waals surface area contributed by atoms with E-state index in [1.54, 1.807) is 17.0 Å². The van der Waals surface area contributed by atoms with Crippen LogP contribution in [0.25, 0.3) is 0 Å². The molecule has 1 saturated heterocycles. The summed E-state index contributed by atoms with van der Waals surface area (Å²) in [6, 6.07) is 4.77. The second kappa shape index (κ2) is 6.02. The molecule has 2 rings (SSSR count). The minimum atomic E-state index is -0.505. The monoisotopic (exact) mass is 295 g/mol. The standard InChI is InChI=1S/C16H22FNO3/c1-16(2,3)21-15(20)18-7-6-12(9-18)11-4-5-14(17)13(8-11)10-19/h4-5,8,12,19H,6-7,9-10H2,1-3H3/t12-/m1/s1. The van der Waals surface area contributed by atoms with Crippen LogP contribution in [0, 0.1) is 5.82 Å². The SMILES string of the molecule is CC(C)(C)OC(=O)N1CC[C@@H](c2ccc(F)c(CO)c2)C1. The first-order valence-electron chi connectivity index (χ1n) is 7.17. The Bertz CT molecular complexity index is 525. The molecular weight excluding hydrogens is 273 g/mol. The molecule has 0 aromatic heterocycles. The number of aliphatic hydroxyl groups excluding tert-OH is 1. The molecule has 0 aliphatic carbocycles. The molecule has 1 atom stereocenters. The van der Waals surface area contributed by atoms with E-state index in [-0.39, 0.29) is 18.6 Å². The van der Waals surface area contributed by atoms with Crippen LogP contribution in [0.3, 0.4) is 0 Å². The number of likely N-dealkylation sites (tertiary alicyclic amines) is 1. The van der Waals surface area contributed by atoms with Gasteiger partial charge in [0.1, 0.15) is 11.4 Å². The van der Waals surface area contributed by atoms with E-state index in [1.165, 1.54) is 6.07 Å². The first-order valence-corrected chi connectivity index (χ1v) is 7.17. The van der Waals surface area contributed by atoms with E-state index in [2.05, 4.69) is 0 Å². The van der Waals surface area contributed by atoms with Crippen LogP contribution >= 0.6 is 0 Å². The summed E-state index contributed by atoms with van der Waals surface area (Å²) in [5, 5.41) is 9.13. The highest BCUT2D eigenvalue weighted by atomic mass is 19.1.